The van der Waals surface area contributed by atoms with Gasteiger partial charge in [-0.2, -0.15) is 0 Å². The van der Waals surface area contributed by atoms with Crippen LogP contribution in [0.1, 0.15) is 45.4 Å². The maximum atomic E-state index is 13.4. The van der Waals surface area contributed by atoms with Crippen molar-refractivity contribution in [2.75, 3.05) is 13.2 Å². The monoisotopic (exact) mass is 347 g/mol. The van der Waals surface area contributed by atoms with E-state index in [1.54, 1.807) is 12.1 Å². The van der Waals surface area contributed by atoms with E-state index in [-0.39, 0.29) is 18.0 Å². The minimum absolute atomic E-state index is 0.158. The summed E-state index contributed by atoms with van der Waals surface area (Å²) >= 11 is 0. The molecule has 2 N–H and O–H groups in total. The van der Waals surface area contributed by atoms with Gasteiger partial charge in [-0.3, -0.25) is 0 Å². The molecule has 25 heavy (non-hydrogen) atoms. The molecule has 1 aromatic carbocycles. The average molecular weight is 347 g/mol. The first-order valence-corrected chi connectivity index (χ1v) is 9.16. The van der Waals surface area contributed by atoms with Crippen LogP contribution in [0.25, 0.3) is 0 Å². The van der Waals surface area contributed by atoms with Gasteiger partial charge >= 0.3 is 0 Å². The summed E-state index contributed by atoms with van der Waals surface area (Å²) in [6.07, 6.45) is 3.18. The van der Waals surface area contributed by atoms with E-state index in [0.29, 0.717) is 12.5 Å². The van der Waals surface area contributed by atoms with Crippen LogP contribution in [0.2, 0.25) is 0 Å². The van der Waals surface area contributed by atoms with Crippen molar-refractivity contribution < 1.29 is 14.4 Å². The van der Waals surface area contributed by atoms with Gasteiger partial charge in [0.2, 0.25) is 0 Å². The number of aliphatic hydroxyl groups is 1. The fourth-order valence-corrected chi connectivity index (χ4v) is 3.06. The van der Waals surface area contributed by atoms with E-state index < -0.39 is 0 Å². The van der Waals surface area contributed by atoms with Gasteiger partial charge in [0.05, 0.1) is 18.8 Å². The van der Waals surface area contributed by atoms with Gasteiger partial charge in [0.15, 0.2) is 0 Å². The van der Waals surface area contributed by atoms with Crippen LogP contribution in [0.3, 0.4) is 0 Å². The molecule has 0 radical (unpaired) electrons. The van der Waals surface area contributed by atoms with Crippen molar-refractivity contribution in [2.45, 2.75) is 52.7 Å². The fourth-order valence-electron chi connectivity index (χ4n) is 3.06. The topological polar surface area (TPSA) is 29.6 Å². The van der Waals surface area contributed by atoms with Crippen LogP contribution >= 0.6 is 0 Å². The molecule has 0 amide bonds. The van der Waals surface area contributed by atoms with Gasteiger partial charge in [-0.05, 0) is 56.0 Å². The summed E-state index contributed by atoms with van der Waals surface area (Å²) in [4.78, 5) is 1.38. The average Bonchev–Trinajstić information content (AvgIpc) is 2.98. The molecule has 0 aliphatic heterocycles. The fraction of sp³-hybridized carbons (Fsp3) is 0.524. The molecule has 0 bridgehead atoms. The Morgan fingerprint density at radius 2 is 1.96 bits per heavy atom. The highest BCUT2D eigenvalue weighted by molar-refractivity contribution is 5.18. The molecular weight excluding hydrogens is 315 g/mol. The molecule has 1 heterocycles. The van der Waals surface area contributed by atoms with Gasteiger partial charge in [0, 0.05) is 12.7 Å². The van der Waals surface area contributed by atoms with Crippen LogP contribution in [-0.4, -0.2) is 28.4 Å². The Hall–Kier alpha value is -1.65. The van der Waals surface area contributed by atoms with Crippen LogP contribution in [0, 0.1) is 11.7 Å². The second-order valence-electron chi connectivity index (χ2n) is 8.01. The molecule has 0 spiro atoms. The Morgan fingerprint density at radius 3 is 2.60 bits per heavy atom. The maximum Gasteiger partial charge on any atom is 0.123 e. The van der Waals surface area contributed by atoms with Gasteiger partial charge < -0.3 is 14.6 Å². The molecule has 0 saturated heterocycles. The van der Waals surface area contributed by atoms with Gasteiger partial charge in [-0.1, -0.05) is 26.0 Å². The van der Waals surface area contributed by atoms with E-state index >= 15 is 0 Å². The Labute approximate surface area is 151 Å². The zero-order chi connectivity index (χ0) is 18.4. The van der Waals surface area contributed by atoms with Gasteiger partial charge in [0.25, 0.3) is 0 Å². The quantitative estimate of drug-likeness (QED) is 0.718. The highest BCUT2D eigenvalue weighted by Crippen LogP contribution is 2.10. The molecule has 0 aliphatic carbocycles. The standard InChI is InChI=1S/C21H31FN2O/c1-17(2)10-12-24(21(3,4)16-25)15-20-9-6-11-23(20)14-18-7-5-8-19(22)13-18/h5-9,11,13,17,25H,10,12,14-16H2,1-4H3/p+1. The molecule has 0 saturated carbocycles. The highest BCUT2D eigenvalue weighted by Gasteiger charge is 2.30. The molecule has 2 rings (SSSR count). The summed E-state index contributed by atoms with van der Waals surface area (Å²) in [5, 5.41) is 9.82. The number of hydrogen-bond donors (Lipinski definition) is 2. The van der Waals surface area contributed by atoms with Crippen molar-refractivity contribution in [2.24, 2.45) is 5.92 Å². The number of hydrogen-bond acceptors (Lipinski definition) is 1. The van der Waals surface area contributed by atoms with E-state index in [1.807, 2.05) is 18.3 Å². The number of nitrogens with one attached hydrogen (secondary N) is 1. The molecule has 3 nitrogen and oxygen atoms in total. The van der Waals surface area contributed by atoms with Gasteiger partial charge in [0.1, 0.15) is 17.9 Å². The highest BCUT2D eigenvalue weighted by atomic mass is 19.1. The predicted octanol–water partition coefficient (Wildman–Crippen LogP) is 2.88. The normalized spacial score (nSPS) is 13.4. The van der Waals surface area contributed by atoms with Crippen molar-refractivity contribution >= 4 is 0 Å². The third-order valence-electron chi connectivity index (χ3n) is 4.94. The smallest absolute Gasteiger partial charge is 0.123 e. The van der Waals surface area contributed by atoms with E-state index in [9.17, 15) is 9.50 Å². The summed E-state index contributed by atoms with van der Waals surface area (Å²) < 4.78 is 15.6. The largest absolute Gasteiger partial charge is 0.390 e. The van der Waals surface area contributed by atoms with Crippen molar-refractivity contribution in [1.29, 1.82) is 0 Å². The number of nitrogens with zero attached hydrogens (tertiary/aromatic N) is 1. The van der Waals surface area contributed by atoms with Crippen molar-refractivity contribution in [3.8, 4) is 0 Å². The van der Waals surface area contributed by atoms with Crippen molar-refractivity contribution in [3.05, 3.63) is 59.7 Å². The SMILES string of the molecule is CC(C)CC[NH+](Cc1cccn1Cc1cccc(F)c1)C(C)(C)CO. The Balaban J connectivity index is 2.15. The van der Waals surface area contributed by atoms with Gasteiger partial charge in [-0.15, -0.1) is 0 Å². The minimum atomic E-state index is -0.197. The molecule has 2 aromatic rings. The number of quaternary nitrogens is 1. The summed E-state index contributed by atoms with van der Waals surface area (Å²) in [5.41, 5.74) is 1.98. The van der Waals surface area contributed by atoms with Gasteiger partial charge in [-0.25, -0.2) is 4.39 Å². The maximum absolute atomic E-state index is 13.4. The van der Waals surface area contributed by atoms with E-state index in [1.165, 1.54) is 16.7 Å². The third kappa shape index (κ3) is 5.68. The summed E-state index contributed by atoms with van der Waals surface area (Å²) in [7, 11) is 0. The van der Waals surface area contributed by atoms with Crippen LogP contribution in [0.4, 0.5) is 4.39 Å². The van der Waals surface area contributed by atoms with Crippen LogP contribution in [0.15, 0.2) is 42.6 Å². The lowest BCUT2D eigenvalue weighted by Crippen LogP contribution is -3.19. The Morgan fingerprint density at radius 1 is 1.20 bits per heavy atom. The lowest BCUT2D eigenvalue weighted by Gasteiger charge is -2.34. The van der Waals surface area contributed by atoms with E-state index in [0.717, 1.165) is 25.1 Å². The number of aliphatic hydroxyl groups excluding tert-OH is 1. The molecule has 1 atom stereocenters. The van der Waals surface area contributed by atoms with Crippen molar-refractivity contribution in [3.63, 3.8) is 0 Å². The lowest BCUT2D eigenvalue weighted by molar-refractivity contribution is -0.963. The van der Waals surface area contributed by atoms with Crippen LogP contribution in [-0.2, 0) is 13.1 Å². The zero-order valence-electron chi connectivity index (χ0n) is 15.9. The molecule has 0 fully saturated rings. The molecule has 1 unspecified atom stereocenters. The van der Waals surface area contributed by atoms with E-state index in [4.69, 9.17) is 0 Å². The van der Waals surface area contributed by atoms with E-state index in [2.05, 4.69) is 38.3 Å². The Kier molecular flexibility index (Phi) is 6.79. The number of aromatic nitrogens is 1. The molecule has 0 aliphatic rings. The first-order valence-electron chi connectivity index (χ1n) is 9.16. The number of halogens is 1. The summed E-state index contributed by atoms with van der Waals surface area (Å²) in [6.45, 7) is 11.4. The second-order valence-corrected chi connectivity index (χ2v) is 8.01. The summed E-state index contributed by atoms with van der Waals surface area (Å²) in [6, 6.07) is 10.9. The predicted molar refractivity (Wildman–Crippen MR) is 100 cm³/mol. The van der Waals surface area contributed by atoms with Crippen LogP contribution in [0.5, 0.6) is 0 Å². The second kappa shape index (κ2) is 8.63. The zero-order valence-corrected chi connectivity index (χ0v) is 15.9. The van der Waals surface area contributed by atoms with Crippen LogP contribution < -0.4 is 4.90 Å². The molecule has 4 heteroatoms. The first kappa shape index (κ1) is 19.7. The number of benzene rings is 1. The lowest BCUT2D eigenvalue weighted by atomic mass is 10.0. The molecule has 138 valence electrons. The van der Waals surface area contributed by atoms with Crippen molar-refractivity contribution in [1.82, 2.24) is 4.57 Å². The number of rotatable bonds is 9. The molecule has 1 aromatic heterocycles. The Bertz CT molecular complexity index is 663. The first-order chi connectivity index (χ1) is 11.8. The summed E-state index contributed by atoms with van der Waals surface area (Å²) in [5.74, 6) is 0.445. The molecular formula is C21H32FN2O+. The third-order valence-corrected chi connectivity index (χ3v) is 4.94. The minimum Gasteiger partial charge on any atom is -0.390 e.